The van der Waals surface area contributed by atoms with Crippen LogP contribution in [0, 0.1) is 0 Å². The zero-order valence-corrected chi connectivity index (χ0v) is 34.1. The smallest absolute Gasteiger partial charge is 0.164 e. The van der Waals surface area contributed by atoms with Crippen LogP contribution in [0.4, 0.5) is 0 Å². The second kappa shape index (κ2) is 13.0. The maximum Gasteiger partial charge on any atom is 0.164 e. The number of rotatable bonds is 4. The molecule has 0 fully saturated rings. The fourth-order valence-corrected chi connectivity index (χ4v) is 10.4. The first-order chi connectivity index (χ1) is 30.5. The van der Waals surface area contributed by atoms with Crippen LogP contribution in [0.15, 0.2) is 192 Å². The van der Waals surface area contributed by atoms with Crippen molar-refractivity contribution >= 4 is 65.0 Å². The van der Waals surface area contributed by atoms with Crippen LogP contribution in [0.3, 0.4) is 0 Å². The highest BCUT2D eigenvalue weighted by atomic mass is 16.3. The molecule has 4 heteroatoms. The average Bonchev–Trinajstić information content (AvgIpc) is 3.83. The molecule has 0 spiro atoms. The van der Waals surface area contributed by atoms with Crippen LogP contribution in [0.25, 0.3) is 121 Å². The van der Waals surface area contributed by atoms with Gasteiger partial charge in [-0.1, -0.05) is 184 Å². The molecule has 10 aromatic carbocycles. The van der Waals surface area contributed by atoms with E-state index in [0.29, 0.717) is 17.5 Å². The molecule has 62 heavy (non-hydrogen) atoms. The summed E-state index contributed by atoms with van der Waals surface area (Å²) in [7, 11) is 0. The average molecular weight is 792 g/mol. The van der Waals surface area contributed by atoms with E-state index >= 15 is 0 Å². The summed E-state index contributed by atoms with van der Waals surface area (Å²) in [5.41, 5.74) is 11.2. The van der Waals surface area contributed by atoms with Crippen molar-refractivity contribution in [1.29, 1.82) is 0 Å². The van der Waals surface area contributed by atoms with E-state index < -0.39 is 0 Å². The third-order valence-electron chi connectivity index (χ3n) is 13.3. The first kappa shape index (κ1) is 34.9. The topological polar surface area (TPSA) is 51.8 Å². The number of benzene rings is 10. The zero-order chi connectivity index (χ0) is 41.1. The number of para-hydroxylation sites is 1. The molecule has 1 aliphatic rings. The number of hydrogen-bond acceptors (Lipinski definition) is 4. The first-order valence-electron chi connectivity index (χ1n) is 21.3. The largest absolute Gasteiger partial charge is 0.455 e. The molecule has 0 saturated heterocycles. The van der Waals surface area contributed by atoms with Crippen molar-refractivity contribution < 1.29 is 4.42 Å². The molecule has 13 rings (SSSR count). The molecular weight excluding hydrogens is 755 g/mol. The van der Waals surface area contributed by atoms with Crippen LogP contribution >= 0.6 is 0 Å². The van der Waals surface area contributed by atoms with E-state index in [-0.39, 0.29) is 5.41 Å². The molecule has 0 radical (unpaired) electrons. The molecule has 0 N–H and O–H groups in total. The fourth-order valence-electron chi connectivity index (χ4n) is 10.4. The maximum atomic E-state index is 6.91. The van der Waals surface area contributed by atoms with Gasteiger partial charge in [-0.2, -0.15) is 0 Å². The fraction of sp³-hybridized carbons (Fsp3) is 0.0517. The van der Waals surface area contributed by atoms with Gasteiger partial charge in [0.25, 0.3) is 0 Å². The summed E-state index contributed by atoms with van der Waals surface area (Å²) in [5.74, 6) is 1.84. The summed E-state index contributed by atoms with van der Waals surface area (Å²) in [6.07, 6.45) is 0. The molecule has 1 aliphatic carbocycles. The molecule has 0 amide bonds. The molecule has 2 heterocycles. The molecule has 290 valence electrons. The van der Waals surface area contributed by atoms with Crippen LogP contribution in [-0.2, 0) is 5.41 Å². The van der Waals surface area contributed by atoms with Gasteiger partial charge in [0.15, 0.2) is 17.5 Å². The van der Waals surface area contributed by atoms with E-state index in [9.17, 15) is 0 Å². The first-order valence-corrected chi connectivity index (χ1v) is 21.3. The Kier molecular flexibility index (Phi) is 7.32. The van der Waals surface area contributed by atoms with Crippen molar-refractivity contribution in [3.8, 4) is 56.4 Å². The van der Waals surface area contributed by atoms with Crippen LogP contribution in [0.1, 0.15) is 25.0 Å². The van der Waals surface area contributed by atoms with Crippen molar-refractivity contribution in [2.75, 3.05) is 0 Å². The Morgan fingerprint density at radius 3 is 1.74 bits per heavy atom. The van der Waals surface area contributed by atoms with Crippen LogP contribution in [0.2, 0.25) is 0 Å². The monoisotopic (exact) mass is 791 g/mol. The lowest BCUT2D eigenvalue weighted by Crippen LogP contribution is -2.15. The van der Waals surface area contributed by atoms with E-state index in [1.807, 2.05) is 6.07 Å². The number of fused-ring (bicyclic) bond motifs is 14. The maximum absolute atomic E-state index is 6.91. The van der Waals surface area contributed by atoms with Crippen molar-refractivity contribution in [2.24, 2.45) is 0 Å². The van der Waals surface area contributed by atoms with Gasteiger partial charge < -0.3 is 4.42 Å². The minimum absolute atomic E-state index is 0.284. The minimum atomic E-state index is -0.284. The van der Waals surface area contributed by atoms with Gasteiger partial charge in [0.1, 0.15) is 11.2 Å². The lowest BCUT2D eigenvalue weighted by atomic mass is 9.81. The number of nitrogens with zero attached hydrogens (tertiary/aromatic N) is 3. The standard InChI is InChI=1S/C58H37N3O/c1-58(2)47-26-14-12-24-43(47)53-48(58)33-46(52-44-25-13-15-27-49(44)62-54(52)53)57-60-55(42-23-11-8-19-38(42)34-16-4-3-5-17-34)59-56(61-57)45-32-37-31-30-36-29-28-35-18-6-7-20-39(35)50(36)51(37)41-22-10-9-21-40(41)45/h3-33H,1-2H3. The third-order valence-corrected chi connectivity index (χ3v) is 13.3. The number of aromatic nitrogens is 3. The Morgan fingerprint density at radius 2 is 0.935 bits per heavy atom. The van der Waals surface area contributed by atoms with E-state index in [1.165, 1.54) is 43.6 Å². The Hall–Kier alpha value is -7.95. The summed E-state index contributed by atoms with van der Waals surface area (Å²) in [4.78, 5) is 16.5. The molecule has 0 aliphatic heterocycles. The molecule has 4 nitrogen and oxygen atoms in total. The highest BCUT2D eigenvalue weighted by Crippen LogP contribution is 2.55. The second-order valence-corrected chi connectivity index (χ2v) is 17.1. The summed E-state index contributed by atoms with van der Waals surface area (Å²) in [6.45, 7) is 4.62. The summed E-state index contributed by atoms with van der Waals surface area (Å²) in [6, 6.07) is 67.0. The number of furan rings is 1. The SMILES string of the molecule is CC1(C)c2ccccc2-c2c1cc(-c1nc(-c3ccccc3-c3ccccc3)nc(-c3cc4ccc5ccc6ccccc6c5c4c4ccccc34)n1)c1c2oc2ccccc21. The second-order valence-electron chi connectivity index (χ2n) is 17.1. The highest BCUT2D eigenvalue weighted by Gasteiger charge is 2.39. The van der Waals surface area contributed by atoms with Gasteiger partial charge in [0.2, 0.25) is 0 Å². The summed E-state index contributed by atoms with van der Waals surface area (Å²) < 4.78 is 6.91. The van der Waals surface area contributed by atoms with Gasteiger partial charge in [-0.25, -0.2) is 15.0 Å². The van der Waals surface area contributed by atoms with Crippen LogP contribution in [0.5, 0.6) is 0 Å². The van der Waals surface area contributed by atoms with E-state index in [2.05, 4.69) is 196 Å². The predicted octanol–water partition coefficient (Wildman–Crippen LogP) is 15.4. The molecule has 2 aromatic heterocycles. The van der Waals surface area contributed by atoms with Crippen molar-refractivity contribution in [2.45, 2.75) is 19.3 Å². The van der Waals surface area contributed by atoms with E-state index in [1.54, 1.807) is 0 Å². The van der Waals surface area contributed by atoms with Gasteiger partial charge in [0.05, 0.1) is 0 Å². The minimum Gasteiger partial charge on any atom is -0.455 e. The Labute approximate surface area is 357 Å². The molecular formula is C58H37N3O. The van der Waals surface area contributed by atoms with Gasteiger partial charge in [-0.15, -0.1) is 0 Å². The predicted molar refractivity (Wildman–Crippen MR) is 256 cm³/mol. The zero-order valence-electron chi connectivity index (χ0n) is 34.1. The highest BCUT2D eigenvalue weighted by molar-refractivity contribution is 6.29. The lowest BCUT2D eigenvalue weighted by Gasteiger charge is -2.22. The van der Waals surface area contributed by atoms with Crippen molar-refractivity contribution in [3.05, 3.63) is 199 Å². The molecule has 0 saturated carbocycles. The Morgan fingerprint density at radius 1 is 0.371 bits per heavy atom. The van der Waals surface area contributed by atoms with Gasteiger partial charge >= 0.3 is 0 Å². The molecule has 0 bridgehead atoms. The lowest BCUT2D eigenvalue weighted by molar-refractivity contribution is 0.653. The normalized spacial score (nSPS) is 13.1. The third kappa shape index (κ3) is 4.98. The van der Waals surface area contributed by atoms with Crippen LogP contribution in [-0.4, -0.2) is 15.0 Å². The Bertz CT molecular complexity index is 3840. The van der Waals surface area contributed by atoms with Crippen LogP contribution < -0.4 is 0 Å². The quantitative estimate of drug-likeness (QED) is 0.167. The van der Waals surface area contributed by atoms with Gasteiger partial charge in [-0.05, 0) is 89.1 Å². The van der Waals surface area contributed by atoms with E-state index in [0.717, 1.165) is 71.5 Å². The van der Waals surface area contributed by atoms with Gasteiger partial charge in [0, 0.05) is 38.4 Å². The van der Waals surface area contributed by atoms with Crippen molar-refractivity contribution in [3.63, 3.8) is 0 Å². The summed E-state index contributed by atoms with van der Waals surface area (Å²) in [5, 5.41) is 11.6. The Balaban J connectivity index is 1.15. The summed E-state index contributed by atoms with van der Waals surface area (Å²) >= 11 is 0. The van der Waals surface area contributed by atoms with Crippen molar-refractivity contribution in [1.82, 2.24) is 15.0 Å². The molecule has 0 atom stereocenters. The molecule has 0 unspecified atom stereocenters. The van der Waals surface area contributed by atoms with Gasteiger partial charge in [-0.3, -0.25) is 0 Å². The molecule has 12 aromatic rings. The number of hydrogen-bond donors (Lipinski definition) is 0. The van der Waals surface area contributed by atoms with E-state index in [4.69, 9.17) is 19.4 Å².